The molecule has 4 heteroatoms. The van der Waals surface area contributed by atoms with E-state index in [1.165, 1.54) is 6.33 Å². The Morgan fingerprint density at radius 1 is 1.73 bits per heavy atom. The van der Waals surface area contributed by atoms with Gasteiger partial charge in [0.25, 0.3) is 0 Å². The van der Waals surface area contributed by atoms with E-state index in [1.807, 2.05) is 7.05 Å². The van der Waals surface area contributed by atoms with Crippen LogP contribution in [-0.2, 0) is 6.54 Å². The maximum Gasteiger partial charge on any atom is 0.137 e. The third kappa shape index (κ3) is 2.51. The number of nitrogens with one attached hydrogen (secondary N) is 1. The molecule has 0 amide bonds. The molecule has 0 spiro atoms. The van der Waals surface area contributed by atoms with Gasteiger partial charge in [-0.15, -0.1) is 0 Å². The van der Waals surface area contributed by atoms with Crippen molar-refractivity contribution in [2.24, 2.45) is 0 Å². The predicted molar refractivity (Wildman–Crippen MR) is 43.1 cm³/mol. The Kier molecular flexibility index (Phi) is 2.80. The minimum atomic E-state index is 0.737. The van der Waals surface area contributed by atoms with Crippen LogP contribution >= 0.6 is 0 Å². The van der Waals surface area contributed by atoms with Crippen LogP contribution in [0.15, 0.2) is 24.8 Å². The molecule has 1 heterocycles. The quantitative estimate of drug-likeness (QED) is 0.620. The zero-order valence-electron chi connectivity index (χ0n) is 6.62. The van der Waals surface area contributed by atoms with E-state index in [1.54, 1.807) is 11.0 Å². The Bertz CT molecular complexity index is 214. The smallest absolute Gasteiger partial charge is 0.137 e. The summed E-state index contributed by atoms with van der Waals surface area (Å²) in [5.74, 6) is 0. The van der Waals surface area contributed by atoms with Gasteiger partial charge in [0.2, 0.25) is 0 Å². The van der Waals surface area contributed by atoms with E-state index in [0.29, 0.717) is 0 Å². The molecule has 1 N–H and O–H groups in total. The number of aromatic nitrogens is 3. The Balaban J connectivity index is 2.37. The Morgan fingerprint density at radius 2 is 2.55 bits per heavy atom. The Labute approximate surface area is 65.9 Å². The molecule has 0 atom stereocenters. The van der Waals surface area contributed by atoms with Gasteiger partial charge in [-0.1, -0.05) is 6.58 Å². The summed E-state index contributed by atoms with van der Waals surface area (Å²) in [5.41, 5.74) is 1.10. The van der Waals surface area contributed by atoms with Crippen LogP contribution in [0, 0.1) is 0 Å². The molecule has 60 valence electrons. The highest BCUT2D eigenvalue weighted by Crippen LogP contribution is 1.91. The molecule has 0 aromatic carbocycles. The van der Waals surface area contributed by atoms with Gasteiger partial charge in [0.1, 0.15) is 12.7 Å². The van der Waals surface area contributed by atoms with Gasteiger partial charge in [-0.3, -0.25) is 0 Å². The molecule has 0 aliphatic rings. The fraction of sp³-hybridized carbons (Fsp3) is 0.429. The highest BCUT2D eigenvalue weighted by atomic mass is 15.3. The zero-order chi connectivity index (χ0) is 8.10. The van der Waals surface area contributed by atoms with Gasteiger partial charge >= 0.3 is 0 Å². The number of rotatable bonds is 4. The summed E-state index contributed by atoms with van der Waals surface area (Å²) in [6.45, 7) is 5.42. The minimum absolute atomic E-state index is 0.737. The monoisotopic (exact) mass is 152 g/mol. The van der Waals surface area contributed by atoms with Crippen LogP contribution in [0.2, 0.25) is 0 Å². The largest absolute Gasteiger partial charge is 0.316 e. The average Bonchev–Trinajstić information content (AvgIpc) is 2.40. The van der Waals surface area contributed by atoms with Crippen LogP contribution in [-0.4, -0.2) is 28.4 Å². The lowest BCUT2D eigenvalue weighted by molar-refractivity contribution is 0.655. The maximum atomic E-state index is 3.96. The van der Waals surface area contributed by atoms with E-state index in [0.717, 1.165) is 18.7 Å². The zero-order valence-corrected chi connectivity index (χ0v) is 6.62. The lowest BCUT2D eigenvalue weighted by atomic mass is 10.3. The van der Waals surface area contributed by atoms with E-state index < -0.39 is 0 Å². The van der Waals surface area contributed by atoms with Crippen molar-refractivity contribution in [1.29, 1.82) is 0 Å². The van der Waals surface area contributed by atoms with Gasteiger partial charge < -0.3 is 5.32 Å². The first-order valence-electron chi connectivity index (χ1n) is 3.46. The highest BCUT2D eigenvalue weighted by molar-refractivity contribution is 4.95. The van der Waals surface area contributed by atoms with E-state index in [4.69, 9.17) is 0 Å². The Hall–Kier alpha value is -1.16. The molecular formula is C7H12N4. The van der Waals surface area contributed by atoms with Crippen molar-refractivity contribution >= 4 is 0 Å². The molecule has 0 radical (unpaired) electrons. The molecule has 1 aromatic rings. The van der Waals surface area contributed by atoms with Crippen LogP contribution in [0.5, 0.6) is 0 Å². The van der Waals surface area contributed by atoms with Crippen molar-refractivity contribution in [3.63, 3.8) is 0 Å². The van der Waals surface area contributed by atoms with Crippen molar-refractivity contribution in [3.05, 3.63) is 24.8 Å². The molecule has 1 rings (SSSR count). The number of hydrogen-bond donors (Lipinski definition) is 1. The van der Waals surface area contributed by atoms with Crippen LogP contribution in [0.3, 0.4) is 0 Å². The van der Waals surface area contributed by atoms with Gasteiger partial charge in [0, 0.05) is 6.54 Å². The summed E-state index contributed by atoms with van der Waals surface area (Å²) in [4.78, 5) is 3.83. The summed E-state index contributed by atoms with van der Waals surface area (Å²) >= 11 is 0. The van der Waals surface area contributed by atoms with Crippen molar-refractivity contribution in [2.75, 3.05) is 13.6 Å². The van der Waals surface area contributed by atoms with Gasteiger partial charge in [-0.2, -0.15) is 5.10 Å². The molecule has 0 unspecified atom stereocenters. The average molecular weight is 152 g/mol. The molecule has 0 fully saturated rings. The van der Waals surface area contributed by atoms with Crippen LogP contribution in [0.1, 0.15) is 0 Å². The first-order valence-corrected chi connectivity index (χ1v) is 3.46. The van der Waals surface area contributed by atoms with E-state index in [-0.39, 0.29) is 0 Å². The second-order valence-corrected chi connectivity index (χ2v) is 2.37. The SMILES string of the molecule is C=C(CNC)Cn1cncn1. The number of nitrogens with zero attached hydrogens (tertiary/aromatic N) is 3. The molecule has 4 nitrogen and oxygen atoms in total. The molecule has 0 bridgehead atoms. The van der Waals surface area contributed by atoms with Crippen LogP contribution in [0.25, 0.3) is 0 Å². The lowest BCUT2D eigenvalue weighted by Crippen LogP contribution is -2.13. The first-order chi connectivity index (χ1) is 5.33. The second-order valence-electron chi connectivity index (χ2n) is 2.37. The van der Waals surface area contributed by atoms with Crippen molar-refractivity contribution < 1.29 is 0 Å². The lowest BCUT2D eigenvalue weighted by Gasteiger charge is -2.02. The van der Waals surface area contributed by atoms with E-state index >= 15 is 0 Å². The summed E-state index contributed by atoms with van der Waals surface area (Å²) in [7, 11) is 1.90. The topological polar surface area (TPSA) is 42.7 Å². The first kappa shape index (κ1) is 7.94. The van der Waals surface area contributed by atoms with Crippen molar-refractivity contribution in [2.45, 2.75) is 6.54 Å². The normalized spacial score (nSPS) is 9.91. The van der Waals surface area contributed by atoms with Gasteiger partial charge in [0.05, 0.1) is 6.54 Å². The summed E-state index contributed by atoms with van der Waals surface area (Å²) in [6, 6.07) is 0. The third-order valence-electron chi connectivity index (χ3n) is 1.28. The molecule has 0 saturated heterocycles. The minimum Gasteiger partial charge on any atom is -0.316 e. The number of hydrogen-bond acceptors (Lipinski definition) is 3. The molecule has 0 aliphatic carbocycles. The van der Waals surface area contributed by atoms with Gasteiger partial charge in [0.15, 0.2) is 0 Å². The summed E-state index contributed by atoms with van der Waals surface area (Å²) in [5, 5.41) is 6.97. The standard InChI is InChI=1S/C7H12N4/c1-7(3-8-2)4-11-6-9-5-10-11/h5-6,8H,1,3-4H2,2H3. The molecule has 0 saturated carbocycles. The van der Waals surface area contributed by atoms with Gasteiger partial charge in [-0.05, 0) is 12.6 Å². The highest BCUT2D eigenvalue weighted by Gasteiger charge is 1.93. The Morgan fingerprint density at radius 3 is 3.09 bits per heavy atom. The second kappa shape index (κ2) is 3.88. The van der Waals surface area contributed by atoms with E-state index in [2.05, 4.69) is 22.0 Å². The fourth-order valence-electron chi connectivity index (χ4n) is 0.849. The maximum absolute atomic E-state index is 3.96. The fourth-order valence-corrected chi connectivity index (χ4v) is 0.849. The molecule has 1 aromatic heterocycles. The molecule has 11 heavy (non-hydrogen) atoms. The van der Waals surface area contributed by atoms with E-state index in [9.17, 15) is 0 Å². The molecular weight excluding hydrogens is 140 g/mol. The molecule has 0 aliphatic heterocycles. The van der Waals surface area contributed by atoms with Gasteiger partial charge in [-0.25, -0.2) is 9.67 Å². The summed E-state index contributed by atoms with van der Waals surface area (Å²) in [6.07, 6.45) is 3.20. The number of likely N-dealkylation sites (N-methyl/N-ethyl adjacent to an activating group) is 1. The van der Waals surface area contributed by atoms with Crippen molar-refractivity contribution in [3.8, 4) is 0 Å². The van der Waals surface area contributed by atoms with Crippen LogP contribution in [0.4, 0.5) is 0 Å². The van der Waals surface area contributed by atoms with Crippen molar-refractivity contribution in [1.82, 2.24) is 20.1 Å². The third-order valence-corrected chi connectivity index (χ3v) is 1.28. The van der Waals surface area contributed by atoms with Crippen LogP contribution < -0.4 is 5.32 Å². The predicted octanol–water partition coefficient (Wildman–Crippen LogP) is 0.0537. The summed E-state index contributed by atoms with van der Waals surface area (Å²) < 4.78 is 1.75.